The van der Waals surface area contributed by atoms with Gasteiger partial charge in [0, 0.05) is 19.5 Å². The third kappa shape index (κ3) is 2.99. The highest BCUT2D eigenvalue weighted by molar-refractivity contribution is 6.31. The van der Waals surface area contributed by atoms with Crippen molar-refractivity contribution in [1.29, 1.82) is 0 Å². The highest BCUT2D eigenvalue weighted by Crippen LogP contribution is 2.25. The van der Waals surface area contributed by atoms with E-state index >= 15 is 0 Å². The van der Waals surface area contributed by atoms with Crippen LogP contribution in [0, 0.1) is 6.92 Å². The molecule has 2 aromatic rings. The Kier molecular flexibility index (Phi) is 4.27. The second kappa shape index (κ2) is 5.76. The summed E-state index contributed by atoms with van der Waals surface area (Å²) in [6.45, 7) is 4.13. The fourth-order valence-electron chi connectivity index (χ4n) is 2.27. The molecule has 0 amide bonds. The molecule has 3 nitrogen and oxygen atoms in total. The van der Waals surface area contributed by atoms with E-state index in [4.69, 9.17) is 17.3 Å². The van der Waals surface area contributed by atoms with Crippen molar-refractivity contribution < 1.29 is 0 Å². The average Bonchev–Trinajstić information content (AvgIpc) is 2.66. The monoisotopic (exact) mass is 277 g/mol. The molecule has 0 aliphatic rings. The summed E-state index contributed by atoms with van der Waals surface area (Å²) in [6.07, 6.45) is 1.54. The largest absolute Gasteiger partial charge is 0.324 e. The second-order valence-electron chi connectivity index (χ2n) is 4.91. The molecule has 1 heterocycles. The summed E-state index contributed by atoms with van der Waals surface area (Å²) in [5.41, 5.74) is 10.6. The number of benzene rings is 1. The molecule has 19 heavy (non-hydrogen) atoms. The summed E-state index contributed by atoms with van der Waals surface area (Å²) < 4.78 is 1.84. The van der Waals surface area contributed by atoms with Gasteiger partial charge in [-0.25, -0.2) is 0 Å². The summed E-state index contributed by atoms with van der Waals surface area (Å²) in [5, 5.41) is 5.18. The lowest BCUT2D eigenvalue weighted by atomic mass is 10.0. The first-order chi connectivity index (χ1) is 9.02. The molecule has 0 spiro atoms. The Bertz CT molecular complexity index is 575. The van der Waals surface area contributed by atoms with Crippen molar-refractivity contribution in [3.8, 4) is 0 Å². The van der Waals surface area contributed by atoms with Crippen LogP contribution in [0.4, 0.5) is 0 Å². The summed E-state index contributed by atoms with van der Waals surface area (Å²) in [5.74, 6) is 0. The topological polar surface area (TPSA) is 43.8 Å². The van der Waals surface area contributed by atoms with Crippen LogP contribution >= 0.6 is 11.6 Å². The number of aryl methyl sites for hydroxylation is 3. The lowest BCUT2D eigenvalue weighted by Crippen LogP contribution is -2.15. The molecule has 1 unspecified atom stereocenters. The molecule has 0 aliphatic heterocycles. The predicted molar refractivity (Wildman–Crippen MR) is 79.4 cm³/mol. The molecule has 2 N–H and O–H groups in total. The lowest BCUT2D eigenvalue weighted by molar-refractivity contribution is 0.638. The second-order valence-corrected chi connectivity index (χ2v) is 5.29. The molecular weight excluding hydrogens is 258 g/mol. The molecule has 2 rings (SSSR count). The summed E-state index contributed by atoms with van der Waals surface area (Å²) in [7, 11) is 1.92. The van der Waals surface area contributed by atoms with Crippen LogP contribution in [0.5, 0.6) is 0 Å². The molecule has 102 valence electrons. The SMILES string of the molecule is CCc1nn(C)c(CC(N)c2cccc(C)c2)c1Cl. The van der Waals surface area contributed by atoms with E-state index in [2.05, 4.69) is 37.1 Å². The smallest absolute Gasteiger partial charge is 0.0850 e. The minimum atomic E-state index is -0.0579. The number of hydrogen-bond acceptors (Lipinski definition) is 2. The third-order valence-corrected chi connectivity index (χ3v) is 3.82. The minimum Gasteiger partial charge on any atom is -0.324 e. The summed E-state index contributed by atoms with van der Waals surface area (Å²) in [6, 6.07) is 8.23. The van der Waals surface area contributed by atoms with Gasteiger partial charge in [0.2, 0.25) is 0 Å². The van der Waals surface area contributed by atoms with Gasteiger partial charge in [-0.15, -0.1) is 0 Å². The van der Waals surface area contributed by atoms with Crippen LogP contribution in [-0.2, 0) is 19.9 Å². The van der Waals surface area contributed by atoms with Gasteiger partial charge in [0.15, 0.2) is 0 Å². The molecule has 0 saturated heterocycles. The highest BCUT2D eigenvalue weighted by Gasteiger charge is 2.16. The van der Waals surface area contributed by atoms with Gasteiger partial charge < -0.3 is 5.73 Å². The third-order valence-electron chi connectivity index (χ3n) is 3.39. The van der Waals surface area contributed by atoms with E-state index in [1.54, 1.807) is 0 Å². The van der Waals surface area contributed by atoms with Gasteiger partial charge in [0.05, 0.1) is 16.4 Å². The quantitative estimate of drug-likeness (QED) is 0.933. The molecular formula is C15H20ClN3. The van der Waals surface area contributed by atoms with E-state index in [0.29, 0.717) is 6.42 Å². The first kappa shape index (κ1) is 14.1. The van der Waals surface area contributed by atoms with E-state index in [9.17, 15) is 0 Å². The minimum absolute atomic E-state index is 0.0579. The van der Waals surface area contributed by atoms with Crippen molar-refractivity contribution in [2.75, 3.05) is 0 Å². The number of halogens is 1. The fraction of sp³-hybridized carbons (Fsp3) is 0.400. The Hall–Kier alpha value is -1.32. The van der Waals surface area contributed by atoms with Gasteiger partial charge in [0.25, 0.3) is 0 Å². The van der Waals surface area contributed by atoms with Crippen LogP contribution < -0.4 is 5.73 Å². The van der Waals surface area contributed by atoms with Crippen LogP contribution in [0.15, 0.2) is 24.3 Å². The van der Waals surface area contributed by atoms with Gasteiger partial charge in [-0.05, 0) is 18.9 Å². The average molecular weight is 278 g/mol. The molecule has 0 radical (unpaired) electrons. The number of aromatic nitrogens is 2. The Morgan fingerprint density at radius 3 is 2.74 bits per heavy atom. The van der Waals surface area contributed by atoms with Gasteiger partial charge in [0.1, 0.15) is 0 Å². The van der Waals surface area contributed by atoms with Crippen molar-refractivity contribution in [1.82, 2.24) is 9.78 Å². The van der Waals surface area contributed by atoms with E-state index in [-0.39, 0.29) is 6.04 Å². The molecule has 1 aromatic heterocycles. The summed E-state index contributed by atoms with van der Waals surface area (Å²) >= 11 is 6.35. The number of hydrogen-bond donors (Lipinski definition) is 1. The maximum atomic E-state index is 6.35. The summed E-state index contributed by atoms with van der Waals surface area (Å²) in [4.78, 5) is 0. The van der Waals surface area contributed by atoms with Crippen LogP contribution in [0.25, 0.3) is 0 Å². The zero-order valence-electron chi connectivity index (χ0n) is 11.7. The number of rotatable bonds is 4. The molecule has 0 aliphatic carbocycles. The molecule has 0 fully saturated rings. The standard InChI is InChI=1S/C15H20ClN3/c1-4-13-15(16)14(19(3)18-13)9-12(17)11-7-5-6-10(2)8-11/h5-8,12H,4,9,17H2,1-3H3. The maximum Gasteiger partial charge on any atom is 0.0850 e. The number of nitrogens with zero attached hydrogens (tertiary/aromatic N) is 2. The zero-order chi connectivity index (χ0) is 14.0. The molecule has 4 heteroatoms. The first-order valence-corrected chi connectivity index (χ1v) is 6.93. The van der Waals surface area contributed by atoms with E-state index in [1.807, 2.05) is 17.8 Å². The van der Waals surface area contributed by atoms with Gasteiger partial charge in [-0.2, -0.15) is 5.10 Å². The number of nitrogens with two attached hydrogens (primary N) is 1. The van der Waals surface area contributed by atoms with Crippen LogP contribution in [0.3, 0.4) is 0 Å². The lowest BCUT2D eigenvalue weighted by Gasteiger charge is -2.13. The predicted octanol–water partition coefficient (Wildman–Crippen LogP) is 3.19. The van der Waals surface area contributed by atoms with Gasteiger partial charge >= 0.3 is 0 Å². The van der Waals surface area contributed by atoms with Crippen LogP contribution in [0.2, 0.25) is 5.02 Å². The highest BCUT2D eigenvalue weighted by atomic mass is 35.5. The molecule has 0 bridgehead atoms. The Morgan fingerprint density at radius 2 is 2.16 bits per heavy atom. The van der Waals surface area contributed by atoms with Gasteiger partial charge in [-0.1, -0.05) is 48.4 Å². The van der Waals surface area contributed by atoms with E-state index in [1.165, 1.54) is 5.56 Å². The normalized spacial score (nSPS) is 12.7. The molecule has 0 saturated carbocycles. The Labute approximate surface area is 119 Å². The maximum absolute atomic E-state index is 6.35. The van der Waals surface area contributed by atoms with E-state index in [0.717, 1.165) is 28.4 Å². The van der Waals surface area contributed by atoms with Crippen molar-refractivity contribution in [2.45, 2.75) is 32.7 Å². The van der Waals surface area contributed by atoms with Crippen molar-refractivity contribution in [3.05, 3.63) is 51.8 Å². The Balaban J connectivity index is 2.24. The zero-order valence-corrected chi connectivity index (χ0v) is 12.4. The van der Waals surface area contributed by atoms with Gasteiger partial charge in [-0.3, -0.25) is 4.68 Å². The van der Waals surface area contributed by atoms with Crippen molar-refractivity contribution in [3.63, 3.8) is 0 Å². The fourth-order valence-corrected chi connectivity index (χ4v) is 2.64. The Morgan fingerprint density at radius 1 is 1.42 bits per heavy atom. The van der Waals surface area contributed by atoms with Crippen LogP contribution in [0.1, 0.15) is 35.5 Å². The molecule has 1 aromatic carbocycles. The van der Waals surface area contributed by atoms with Crippen molar-refractivity contribution >= 4 is 11.6 Å². The first-order valence-electron chi connectivity index (χ1n) is 6.55. The molecule has 1 atom stereocenters. The van der Waals surface area contributed by atoms with Crippen LogP contribution in [-0.4, -0.2) is 9.78 Å². The van der Waals surface area contributed by atoms with E-state index < -0.39 is 0 Å². The van der Waals surface area contributed by atoms with Crippen molar-refractivity contribution in [2.24, 2.45) is 12.8 Å².